The van der Waals surface area contributed by atoms with Crippen molar-refractivity contribution in [2.45, 2.75) is 32.4 Å². The van der Waals surface area contributed by atoms with Crippen molar-refractivity contribution in [3.8, 4) is 0 Å². The molecule has 0 spiro atoms. The molecule has 0 saturated carbocycles. The summed E-state index contributed by atoms with van der Waals surface area (Å²) in [6.07, 6.45) is 0.551. The van der Waals surface area contributed by atoms with Crippen LogP contribution in [0.25, 0.3) is 0 Å². The summed E-state index contributed by atoms with van der Waals surface area (Å²) in [5.41, 5.74) is 1.04. The molecule has 0 aliphatic carbocycles. The summed E-state index contributed by atoms with van der Waals surface area (Å²) in [5, 5.41) is 13.0. The van der Waals surface area contributed by atoms with Gasteiger partial charge in [-0.1, -0.05) is 37.6 Å². The highest BCUT2D eigenvalue weighted by Crippen LogP contribution is 2.23. The second-order valence-corrected chi connectivity index (χ2v) is 6.74. The average Bonchev–Trinajstić information content (AvgIpc) is 2.54. The monoisotopic (exact) mass is 340 g/mol. The fraction of sp³-hybridized carbons (Fsp3) is 0.588. The predicted molar refractivity (Wildman–Crippen MR) is 90.6 cm³/mol. The van der Waals surface area contributed by atoms with Gasteiger partial charge in [0.25, 0.3) is 0 Å². The number of carbonyl (C=O) groups is 1. The highest BCUT2D eigenvalue weighted by Gasteiger charge is 2.26. The normalized spacial score (nSPS) is 19.7. The molecular weight excluding hydrogens is 316 g/mol. The van der Waals surface area contributed by atoms with Crippen molar-refractivity contribution < 1.29 is 14.6 Å². The Bertz CT molecular complexity index is 507. The number of urea groups is 1. The molecule has 1 saturated heterocycles. The molecule has 1 heterocycles. The second-order valence-electron chi connectivity index (χ2n) is 6.30. The first kappa shape index (κ1) is 18.0. The van der Waals surface area contributed by atoms with Gasteiger partial charge < -0.3 is 20.1 Å². The van der Waals surface area contributed by atoms with Crippen molar-refractivity contribution in [3.63, 3.8) is 0 Å². The van der Waals surface area contributed by atoms with Crippen LogP contribution in [0.1, 0.15) is 31.9 Å². The Balaban J connectivity index is 2.04. The summed E-state index contributed by atoms with van der Waals surface area (Å²) in [6, 6.07) is 7.40. The van der Waals surface area contributed by atoms with Crippen LogP contribution in [0, 0.1) is 5.92 Å². The first-order valence-corrected chi connectivity index (χ1v) is 8.40. The van der Waals surface area contributed by atoms with Gasteiger partial charge in [0.1, 0.15) is 0 Å². The second kappa shape index (κ2) is 8.52. The Kier molecular flexibility index (Phi) is 6.69. The number of hydrogen-bond donors (Lipinski definition) is 2. The fourth-order valence-electron chi connectivity index (χ4n) is 2.70. The summed E-state index contributed by atoms with van der Waals surface area (Å²) < 4.78 is 5.39. The summed E-state index contributed by atoms with van der Waals surface area (Å²) >= 11 is 5.95. The van der Waals surface area contributed by atoms with Crippen molar-refractivity contribution in [1.82, 2.24) is 10.2 Å². The molecule has 1 aromatic carbocycles. The maximum Gasteiger partial charge on any atom is 0.318 e. The van der Waals surface area contributed by atoms with Crippen LogP contribution in [0.4, 0.5) is 4.79 Å². The van der Waals surface area contributed by atoms with Crippen molar-refractivity contribution in [2.75, 3.05) is 26.3 Å². The highest BCUT2D eigenvalue weighted by atomic mass is 35.5. The number of nitrogens with zero attached hydrogens (tertiary/aromatic N) is 1. The SMILES string of the molecule is CC(C)C[C@H](NC(=O)N1CCO[C@@H](CO)C1)c1ccc(Cl)cc1. The van der Waals surface area contributed by atoms with E-state index in [0.29, 0.717) is 30.6 Å². The molecule has 0 bridgehead atoms. The first-order chi connectivity index (χ1) is 11.0. The summed E-state index contributed by atoms with van der Waals surface area (Å²) in [6.45, 7) is 5.59. The van der Waals surface area contributed by atoms with Crippen molar-refractivity contribution in [3.05, 3.63) is 34.9 Å². The van der Waals surface area contributed by atoms with Crippen LogP contribution in [-0.4, -0.2) is 48.4 Å². The van der Waals surface area contributed by atoms with E-state index in [1.165, 1.54) is 0 Å². The quantitative estimate of drug-likeness (QED) is 0.866. The van der Waals surface area contributed by atoms with E-state index in [1.807, 2.05) is 24.3 Å². The number of benzene rings is 1. The molecular formula is C17H25ClN2O3. The average molecular weight is 341 g/mol. The molecule has 1 fully saturated rings. The summed E-state index contributed by atoms with van der Waals surface area (Å²) in [4.78, 5) is 14.2. The van der Waals surface area contributed by atoms with Gasteiger partial charge in [0.05, 0.1) is 31.9 Å². The van der Waals surface area contributed by atoms with Crippen LogP contribution in [0.15, 0.2) is 24.3 Å². The smallest absolute Gasteiger partial charge is 0.318 e. The van der Waals surface area contributed by atoms with E-state index in [9.17, 15) is 9.90 Å². The topological polar surface area (TPSA) is 61.8 Å². The van der Waals surface area contributed by atoms with E-state index in [4.69, 9.17) is 16.3 Å². The lowest BCUT2D eigenvalue weighted by Gasteiger charge is -2.33. The number of aliphatic hydroxyl groups excluding tert-OH is 1. The number of halogens is 1. The van der Waals surface area contributed by atoms with Crippen molar-refractivity contribution >= 4 is 17.6 Å². The van der Waals surface area contributed by atoms with E-state index in [-0.39, 0.29) is 24.8 Å². The minimum Gasteiger partial charge on any atom is -0.394 e. The van der Waals surface area contributed by atoms with Gasteiger partial charge in [-0.3, -0.25) is 0 Å². The van der Waals surface area contributed by atoms with Gasteiger partial charge in [0, 0.05) is 11.6 Å². The van der Waals surface area contributed by atoms with Crippen molar-refractivity contribution in [2.24, 2.45) is 5.92 Å². The highest BCUT2D eigenvalue weighted by molar-refractivity contribution is 6.30. The van der Waals surface area contributed by atoms with Gasteiger partial charge in [0.15, 0.2) is 0 Å². The molecule has 5 nitrogen and oxygen atoms in total. The minimum atomic E-state index is -0.298. The number of hydrogen-bond acceptors (Lipinski definition) is 3. The lowest BCUT2D eigenvalue weighted by molar-refractivity contribution is -0.0405. The molecule has 2 amide bonds. The molecule has 0 aromatic heterocycles. The van der Waals surface area contributed by atoms with Gasteiger partial charge >= 0.3 is 6.03 Å². The van der Waals surface area contributed by atoms with Crippen LogP contribution >= 0.6 is 11.6 Å². The molecule has 0 unspecified atom stereocenters. The Morgan fingerprint density at radius 2 is 2.13 bits per heavy atom. The molecule has 0 radical (unpaired) electrons. The summed E-state index contributed by atoms with van der Waals surface area (Å²) in [5.74, 6) is 0.450. The molecule has 1 aromatic rings. The third-order valence-corrected chi connectivity index (χ3v) is 4.16. The van der Waals surface area contributed by atoms with Crippen LogP contribution in [-0.2, 0) is 4.74 Å². The lowest BCUT2D eigenvalue weighted by atomic mass is 9.97. The molecule has 2 N–H and O–H groups in total. The number of ether oxygens (including phenoxy) is 1. The third kappa shape index (κ3) is 5.37. The van der Waals surface area contributed by atoms with E-state index in [2.05, 4.69) is 19.2 Å². The maximum atomic E-state index is 12.5. The summed E-state index contributed by atoms with van der Waals surface area (Å²) in [7, 11) is 0. The van der Waals surface area contributed by atoms with Crippen LogP contribution in [0.5, 0.6) is 0 Å². The number of amides is 2. The zero-order valence-corrected chi connectivity index (χ0v) is 14.4. The Morgan fingerprint density at radius 3 is 2.74 bits per heavy atom. The number of rotatable bonds is 5. The van der Waals surface area contributed by atoms with Crippen LogP contribution in [0.3, 0.4) is 0 Å². The molecule has 1 aliphatic heterocycles. The fourth-order valence-corrected chi connectivity index (χ4v) is 2.83. The maximum absolute atomic E-state index is 12.5. The number of nitrogens with one attached hydrogen (secondary N) is 1. The molecule has 128 valence electrons. The van der Waals surface area contributed by atoms with Gasteiger partial charge in [0.2, 0.25) is 0 Å². The Morgan fingerprint density at radius 1 is 1.43 bits per heavy atom. The number of aliphatic hydroxyl groups is 1. The molecule has 23 heavy (non-hydrogen) atoms. The lowest BCUT2D eigenvalue weighted by Crippen LogP contribution is -2.51. The first-order valence-electron chi connectivity index (χ1n) is 8.03. The van der Waals surface area contributed by atoms with E-state index < -0.39 is 0 Å². The zero-order valence-electron chi connectivity index (χ0n) is 13.7. The third-order valence-electron chi connectivity index (χ3n) is 3.91. The van der Waals surface area contributed by atoms with Crippen LogP contribution in [0.2, 0.25) is 5.02 Å². The van der Waals surface area contributed by atoms with Gasteiger partial charge in [-0.25, -0.2) is 4.79 Å². The zero-order chi connectivity index (χ0) is 16.8. The molecule has 6 heteroatoms. The number of carbonyl (C=O) groups excluding carboxylic acids is 1. The molecule has 1 aliphatic rings. The van der Waals surface area contributed by atoms with E-state index >= 15 is 0 Å². The van der Waals surface area contributed by atoms with Gasteiger partial charge in [-0.05, 0) is 30.0 Å². The number of morpholine rings is 1. The predicted octanol–water partition coefficient (Wildman–Crippen LogP) is 2.83. The van der Waals surface area contributed by atoms with Crippen LogP contribution < -0.4 is 5.32 Å². The minimum absolute atomic E-state index is 0.0600. The standard InChI is InChI=1S/C17H25ClN2O3/c1-12(2)9-16(13-3-5-14(18)6-4-13)19-17(22)20-7-8-23-15(10-20)11-21/h3-6,12,15-16,21H,7-11H2,1-2H3,(H,19,22)/t15-,16+/m1/s1. The van der Waals surface area contributed by atoms with Gasteiger partial charge in [-0.2, -0.15) is 0 Å². The Labute approximate surface area is 142 Å². The molecule has 2 rings (SSSR count). The molecule has 2 atom stereocenters. The largest absolute Gasteiger partial charge is 0.394 e. The van der Waals surface area contributed by atoms with Gasteiger partial charge in [-0.15, -0.1) is 0 Å². The van der Waals surface area contributed by atoms with E-state index in [1.54, 1.807) is 4.90 Å². The van der Waals surface area contributed by atoms with E-state index in [0.717, 1.165) is 12.0 Å². The van der Waals surface area contributed by atoms with Crippen molar-refractivity contribution in [1.29, 1.82) is 0 Å². The Hall–Kier alpha value is -1.30.